The number of benzene rings is 2. The highest BCUT2D eigenvalue weighted by molar-refractivity contribution is 5.30. The minimum Gasteiger partial charge on any atom is -0.307 e. The van der Waals surface area contributed by atoms with Crippen LogP contribution in [0.5, 0.6) is 0 Å². The zero-order valence-electron chi connectivity index (χ0n) is 11.5. The van der Waals surface area contributed by atoms with Crippen molar-refractivity contribution in [3.63, 3.8) is 0 Å². The monoisotopic (exact) mass is 251 g/mol. The molecule has 2 atom stereocenters. The first kappa shape index (κ1) is 12.4. The Hall–Kier alpha value is -1.60. The van der Waals surface area contributed by atoms with E-state index in [9.17, 15) is 0 Å². The molecule has 3 rings (SSSR count). The molecule has 2 aromatic rings. The van der Waals surface area contributed by atoms with Gasteiger partial charge < -0.3 is 5.32 Å². The molecule has 19 heavy (non-hydrogen) atoms. The van der Waals surface area contributed by atoms with E-state index in [2.05, 4.69) is 66.8 Å². The molecule has 0 radical (unpaired) electrons. The zero-order valence-corrected chi connectivity index (χ0v) is 11.5. The predicted octanol–water partition coefficient (Wildman–Crippen LogP) is 3.89. The Morgan fingerprint density at radius 3 is 2.42 bits per heavy atom. The summed E-state index contributed by atoms with van der Waals surface area (Å²) in [5.41, 5.74) is 4.43. The first-order valence-corrected chi connectivity index (χ1v) is 7.21. The van der Waals surface area contributed by atoms with E-state index in [1.165, 1.54) is 29.5 Å². The number of hydrogen-bond donors (Lipinski definition) is 1. The molecule has 1 N–H and O–H groups in total. The normalized spacial score (nSPS) is 19.7. The Kier molecular flexibility index (Phi) is 3.65. The number of rotatable bonds is 3. The molecular formula is C18H21N. The molecule has 0 heterocycles. The Balaban J connectivity index is 1.66. The molecule has 0 aromatic heterocycles. The fourth-order valence-electron chi connectivity index (χ4n) is 3.03. The Labute approximate surface area is 115 Å². The molecule has 2 unspecified atom stereocenters. The molecule has 0 saturated heterocycles. The van der Waals surface area contributed by atoms with Crippen LogP contribution < -0.4 is 5.32 Å². The van der Waals surface area contributed by atoms with Gasteiger partial charge in [-0.05, 0) is 42.9 Å². The van der Waals surface area contributed by atoms with Crippen molar-refractivity contribution >= 4 is 0 Å². The second-order valence-corrected chi connectivity index (χ2v) is 5.51. The molecule has 1 aliphatic rings. The predicted molar refractivity (Wildman–Crippen MR) is 80.2 cm³/mol. The lowest BCUT2D eigenvalue weighted by atomic mass is 9.88. The average molecular weight is 251 g/mol. The molecule has 0 saturated carbocycles. The minimum absolute atomic E-state index is 0.427. The van der Waals surface area contributed by atoms with Gasteiger partial charge in [0.25, 0.3) is 0 Å². The summed E-state index contributed by atoms with van der Waals surface area (Å²) >= 11 is 0. The van der Waals surface area contributed by atoms with E-state index >= 15 is 0 Å². The lowest BCUT2D eigenvalue weighted by Crippen LogP contribution is -2.36. The Morgan fingerprint density at radius 1 is 0.947 bits per heavy atom. The van der Waals surface area contributed by atoms with E-state index in [4.69, 9.17) is 0 Å². The minimum atomic E-state index is 0.427. The smallest absolute Gasteiger partial charge is 0.0294 e. The molecule has 1 nitrogen and oxygen atoms in total. The maximum atomic E-state index is 3.78. The summed E-state index contributed by atoms with van der Waals surface area (Å²) in [4.78, 5) is 0. The van der Waals surface area contributed by atoms with Crippen LogP contribution in [0.1, 0.15) is 36.1 Å². The SMILES string of the molecule is CC(NC1CCc2ccccc2C1)c1ccccc1. The van der Waals surface area contributed by atoms with E-state index in [1.807, 2.05) is 0 Å². The second-order valence-electron chi connectivity index (χ2n) is 5.51. The highest BCUT2D eigenvalue weighted by Gasteiger charge is 2.19. The standard InChI is InChI=1S/C18H21N/c1-14(15-7-3-2-4-8-15)19-18-12-11-16-9-5-6-10-17(16)13-18/h2-10,14,18-19H,11-13H2,1H3. The Bertz CT molecular complexity index is 532. The third-order valence-electron chi connectivity index (χ3n) is 4.13. The van der Waals surface area contributed by atoms with Crippen LogP contribution in [0.3, 0.4) is 0 Å². The van der Waals surface area contributed by atoms with Crippen molar-refractivity contribution in [2.75, 3.05) is 0 Å². The van der Waals surface area contributed by atoms with Crippen molar-refractivity contribution in [1.29, 1.82) is 0 Å². The van der Waals surface area contributed by atoms with Crippen LogP contribution in [0.4, 0.5) is 0 Å². The fourth-order valence-corrected chi connectivity index (χ4v) is 3.03. The number of nitrogens with one attached hydrogen (secondary N) is 1. The van der Waals surface area contributed by atoms with Gasteiger partial charge in [0, 0.05) is 12.1 Å². The summed E-state index contributed by atoms with van der Waals surface area (Å²) in [7, 11) is 0. The summed E-state index contributed by atoms with van der Waals surface area (Å²) in [5.74, 6) is 0. The van der Waals surface area contributed by atoms with E-state index < -0.39 is 0 Å². The van der Waals surface area contributed by atoms with Crippen LogP contribution in [0.2, 0.25) is 0 Å². The van der Waals surface area contributed by atoms with E-state index in [-0.39, 0.29) is 0 Å². The molecule has 2 aromatic carbocycles. The van der Waals surface area contributed by atoms with E-state index in [0.29, 0.717) is 12.1 Å². The summed E-state index contributed by atoms with van der Waals surface area (Å²) in [6.07, 6.45) is 3.61. The lowest BCUT2D eigenvalue weighted by molar-refractivity contribution is 0.414. The van der Waals surface area contributed by atoms with Crippen molar-refractivity contribution in [1.82, 2.24) is 5.32 Å². The lowest BCUT2D eigenvalue weighted by Gasteiger charge is -2.28. The first-order valence-electron chi connectivity index (χ1n) is 7.21. The van der Waals surface area contributed by atoms with Gasteiger partial charge in [0.1, 0.15) is 0 Å². The summed E-state index contributed by atoms with van der Waals surface area (Å²) in [6, 6.07) is 20.6. The van der Waals surface area contributed by atoms with Crippen LogP contribution in [-0.4, -0.2) is 6.04 Å². The quantitative estimate of drug-likeness (QED) is 0.872. The van der Waals surface area contributed by atoms with Gasteiger partial charge in [-0.1, -0.05) is 54.6 Å². The topological polar surface area (TPSA) is 12.0 Å². The van der Waals surface area contributed by atoms with Crippen molar-refractivity contribution in [2.45, 2.75) is 38.3 Å². The fraction of sp³-hybridized carbons (Fsp3) is 0.333. The number of hydrogen-bond acceptors (Lipinski definition) is 1. The third-order valence-corrected chi connectivity index (χ3v) is 4.13. The molecule has 1 heteroatoms. The summed E-state index contributed by atoms with van der Waals surface area (Å²) < 4.78 is 0. The molecule has 1 aliphatic carbocycles. The first-order chi connectivity index (χ1) is 9.33. The van der Waals surface area contributed by atoms with E-state index in [0.717, 1.165) is 6.42 Å². The maximum Gasteiger partial charge on any atom is 0.0294 e. The van der Waals surface area contributed by atoms with Crippen molar-refractivity contribution in [3.05, 3.63) is 71.3 Å². The van der Waals surface area contributed by atoms with Crippen LogP contribution in [0.25, 0.3) is 0 Å². The van der Waals surface area contributed by atoms with Crippen LogP contribution >= 0.6 is 0 Å². The van der Waals surface area contributed by atoms with Gasteiger partial charge in [-0.3, -0.25) is 0 Å². The van der Waals surface area contributed by atoms with Gasteiger partial charge in [0.15, 0.2) is 0 Å². The highest BCUT2D eigenvalue weighted by Crippen LogP contribution is 2.23. The van der Waals surface area contributed by atoms with Gasteiger partial charge in [-0.25, -0.2) is 0 Å². The van der Waals surface area contributed by atoms with Crippen molar-refractivity contribution in [3.8, 4) is 0 Å². The van der Waals surface area contributed by atoms with E-state index in [1.54, 1.807) is 0 Å². The highest BCUT2D eigenvalue weighted by atomic mass is 14.9. The molecule has 0 fully saturated rings. The summed E-state index contributed by atoms with van der Waals surface area (Å²) in [6.45, 7) is 2.26. The number of aryl methyl sites for hydroxylation is 1. The van der Waals surface area contributed by atoms with Crippen LogP contribution in [0.15, 0.2) is 54.6 Å². The second kappa shape index (κ2) is 5.58. The van der Waals surface area contributed by atoms with Gasteiger partial charge in [-0.15, -0.1) is 0 Å². The molecule has 0 spiro atoms. The van der Waals surface area contributed by atoms with Gasteiger partial charge in [0.2, 0.25) is 0 Å². The third kappa shape index (κ3) is 2.87. The molecular weight excluding hydrogens is 230 g/mol. The molecule has 0 aliphatic heterocycles. The van der Waals surface area contributed by atoms with Crippen LogP contribution in [0, 0.1) is 0 Å². The van der Waals surface area contributed by atoms with Crippen molar-refractivity contribution in [2.24, 2.45) is 0 Å². The van der Waals surface area contributed by atoms with Crippen LogP contribution in [-0.2, 0) is 12.8 Å². The molecule has 0 bridgehead atoms. The maximum absolute atomic E-state index is 3.78. The van der Waals surface area contributed by atoms with Crippen molar-refractivity contribution < 1.29 is 0 Å². The van der Waals surface area contributed by atoms with Gasteiger partial charge in [0.05, 0.1) is 0 Å². The van der Waals surface area contributed by atoms with Gasteiger partial charge in [-0.2, -0.15) is 0 Å². The molecule has 98 valence electrons. The summed E-state index contributed by atoms with van der Waals surface area (Å²) in [5, 5.41) is 3.78. The molecule has 0 amide bonds. The number of fused-ring (bicyclic) bond motifs is 1. The Morgan fingerprint density at radius 2 is 1.63 bits per heavy atom. The largest absolute Gasteiger partial charge is 0.307 e. The van der Waals surface area contributed by atoms with Gasteiger partial charge >= 0.3 is 0 Å². The zero-order chi connectivity index (χ0) is 13.1. The average Bonchev–Trinajstić information content (AvgIpc) is 2.48.